The summed E-state index contributed by atoms with van der Waals surface area (Å²) in [6.07, 6.45) is -0.658. The summed E-state index contributed by atoms with van der Waals surface area (Å²) in [5, 5.41) is 9.63. The molecule has 0 spiro atoms. The Hall–Kier alpha value is -3.02. The molecule has 0 aromatic heterocycles. The molecule has 0 aliphatic heterocycles. The van der Waals surface area contributed by atoms with Gasteiger partial charge in [-0.1, -0.05) is 24.3 Å². The van der Waals surface area contributed by atoms with E-state index in [-0.39, 0.29) is 22.8 Å². The van der Waals surface area contributed by atoms with Gasteiger partial charge in [-0.15, -0.1) is 0 Å². The molecule has 3 nitrogen and oxygen atoms in total. The number of benzene rings is 2. The fourth-order valence-electron chi connectivity index (χ4n) is 3.03. The molecule has 0 bridgehead atoms. The Morgan fingerprint density at radius 3 is 2.37 bits per heavy atom. The van der Waals surface area contributed by atoms with Gasteiger partial charge in [-0.25, -0.2) is 0 Å². The summed E-state index contributed by atoms with van der Waals surface area (Å²) >= 11 is 0. The molecule has 0 atom stereocenters. The number of Topliss-reactive ketones (excluding diaryl/α,β-unsaturated/α-hetero) is 1. The van der Waals surface area contributed by atoms with E-state index in [1.54, 1.807) is 18.2 Å². The molecular weight excluding hydrogens is 357 g/mol. The molecule has 1 N–H and O–H groups in total. The molecule has 140 valence electrons. The molecule has 0 amide bonds. The first-order valence-corrected chi connectivity index (χ1v) is 8.28. The van der Waals surface area contributed by atoms with Crippen LogP contribution >= 0.6 is 0 Å². The smallest absolute Gasteiger partial charge is 0.416 e. The summed E-state index contributed by atoms with van der Waals surface area (Å²) in [6, 6.07) is 9.89. The fraction of sp³-hybridized carbons (Fsp3) is 0.190. The van der Waals surface area contributed by atoms with Gasteiger partial charge < -0.3 is 9.84 Å². The van der Waals surface area contributed by atoms with Crippen LogP contribution in [0.1, 0.15) is 29.5 Å². The summed E-state index contributed by atoms with van der Waals surface area (Å²) < 4.78 is 44.4. The normalized spacial score (nSPS) is 17.7. The number of phenolic OH excluding ortho intramolecular Hbond substituents is 1. The maximum atomic E-state index is 13.1. The first kappa shape index (κ1) is 18.8. The van der Waals surface area contributed by atoms with Crippen LogP contribution in [0.25, 0.3) is 12.2 Å². The molecule has 0 unspecified atom stereocenters. The van der Waals surface area contributed by atoms with Crippen LogP contribution in [0, 0.1) is 0 Å². The van der Waals surface area contributed by atoms with Crippen LogP contribution < -0.4 is 4.74 Å². The van der Waals surface area contributed by atoms with Gasteiger partial charge in [-0.05, 0) is 54.3 Å². The van der Waals surface area contributed by atoms with Crippen LogP contribution in [0.5, 0.6) is 11.5 Å². The van der Waals surface area contributed by atoms with Crippen molar-refractivity contribution in [1.29, 1.82) is 0 Å². The molecule has 2 aromatic carbocycles. The van der Waals surface area contributed by atoms with Gasteiger partial charge in [0.15, 0.2) is 17.3 Å². The van der Waals surface area contributed by atoms with Crippen LogP contribution in [0.3, 0.4) is 0 Å². The zero-order chi connectivity index (χ0) is 19.6. The predicted octanol–water partition coefficient (Wildman–Crippen LogP) is 5.25. The first-order valence-electron chi connectivity index (χ1n) is 8.28. The zero-order valence-electron chi connectivity index (χ0n) is 14.5. The largest absolute Gasteiger partial charge is 0.504 e. The van der Waals surface area contributed by atoms with E-state index in [1.165, 1.54) is 37.5 Å². The van der Waals surface area contributed by atoms with Gasteiger partial charge in [0, 0.05) is 11.1 Å². The van der Waals surface area contributed by atoms with Crippen molar-refractivity contribution in [2.45, 2.75) is 19.0 Å². The lowest BCUT2D eigenvalue weighted by Gasteiger charge is -2.10. The molecule has 1 aliphatic rings. The van der Waals surface area contributed by atoms with Gasteiger partial charge in [0.1, 0.15) is 0 Å². The molecule has 1 saturated carbocycles. The number of carbonyl (C=O) groups is 1. The van der Waals surface area contributed by atoms with Crippen molar-refractivity contribution in [3.05, 3.63) is 70.3 Å². The Morgan fingerprint density at radius 2 is 1.70 bits per heavy atom. The molecule has 27 heavy (non-hydrogen) atoms. The molecule has 0 heterocycles. The Bertz CT molecular complexity index is 940. The second-order valence-electron chi connectivity index (χ2n) is 6.18. The zero-order valence-corrected chi connectivity index (χ0v) is 14.5. The van der Waals surface area contributed by atoms with E-state index in [9.17, 15) is 23.1 Å². The predicted molar refractivity (Wildman–Crippen MR) is 96.3 cm³/mol. The third kappa shape index (κ3) is 4.05. The number of alkyl halides is 3. The third-order valence-electron chi connectivity index (χ3n) is 4.39. The monoisotopic (exact) mass is 374 g/mol. The lowest BCUT2D eigenvalue weighted by molar-refractivity contribution is -0.137. The average Bonchev–Trinajstić information content (AvgIpc) is 2.96. The number of carbonyl (C=O) groups excluding carboxylic acids is 1. The van der Waals surface area contributed by atoms with Gasteiger partial charge in [0.05, 0.1) is 12.7 Å². The molecular formula is C21H17F3O3. The summed E-state index contributed by atoms with van der Waals surface area (Å²) in [6.45, 7) is 0. The first-order chi connectivity index (χ1) is 12.8. The minimum Gasteiger partial charge on any atom is -0.504 e. The highest BCUT2D eigenvalue weighted by atomic mass is 19.4. The van der Waals surface area contributed by atoms with E-state index >= 15 is 0 Å². The van der Waals surface area contributed by atoms with Crippen molar-refractivity contribution in [3.8, 4) is 11.5 Å². The standard InChI is InChI=1S/C21H17F3O3/c1-27-19-11-13(6-9-18(19)25)10-15-7-8-16(20(15)26)12-14-4-2-3-5-17(14)21(22,23)24/h2-6,9-12,25H,7-8H2,1H3/b15-10+,16-12+. The van der Waals surface area contributed by atoms with Gasteiger partial charge in [-0.2, -0.15) is 13.2 Å². The number of rotatable bonds is 3. The summed E-state index contributed by atoms with van der Waals surface area (Å²) in [5.74, 6) is 0.00502. The maximum absolute atomic E-state index is 13.1. The number of methoxy groups -OCH3 is 1. The van der Waals surface area contributed by atoms with E-state index in [1.807, 2.05) is 0 Å². The lowest BCUT2D eigenvalue weighted by atomic mass is 10.0. The second-order valence-corrected chi connectivity index (χ2v) is 6.18. The summed E-state index contributed by atoms with van der Waals surface area (Å²) in [4.78, 5) is 12.6. The number of ether oxygens (including phenoxy) is 1. The SMILES string of the molecule is COc1cc(/C=C2\CC/C(=C\c3ccccc3C(F)(F)F)C2=O)ccc1O. The molecule has 0 radical (unpaired) electrons. The second kappa shape index (κ2) is 7.31. The quantitative estimate of drug-likeness (QED) is 0.747. The summed E-state index contributed by atoms with van der Waals surface area (Å²) in [5.41, 5.74) is 0.763. The number of hydrogen-bond acceptors (Lipinski definition) is 3. The number of ketones is 1. The molecule has 6 heteroatoms. The minimum absolute atomic E-state index is 0.0123. The van der Waals surface area contributed by atoms with Crippen molar-refractivity contribution in [3.63, 3.8) is 0 Å². The average molecular weight is 374 g/mol. The van der Waals surface area contributed by atoms with Gasteiger partial charge in [0.25, 0.3) is 0 Å². The van der Waals surface area contributed by atoms with Crippen LogP contribution in [0.15, 0.2) is 53.6 Å². The van der Waals surface area contributed by atoms with Crippen LogP contribution in [-0.2, 0) is 11.0 Å². The van der Waals surface area contributed by atoms with E-state index in [0.29, 0.717) is 29.6 Å². The number of phenols is 1. The van der Waals surface area contributed by atoms with Crippen molar-refractivity contribution in [2.75, 3.05) is 7.11 Å². The van der Waals surface area contributed by atoms with Crippen molar-refractivity contribution < 1.29 is 27.8 Å². The van der Waals surface area contributed by atoms with E-state index in [4.69, 9.17) is 4.74 Å². The van der Waals surface area contributed by atoms with Crippen LogP contribution in [0.2, 0.25) is 0 Å². The van der Waals surface area contributed by atoms with Crippen molar-refractivity contribution in [1.82, 2.24) is 0 Å². The minimum atomic E-state index is -4.48. The number of hydrogen-bond donors (Lipinski definition) is 1. The topological polar surface area (TPSA) is 46.5 Å². The molecule has 1 fully saturated rings. The van der Waals surface area contributed by atoms with Gasteiger partial charge >= 0.3 is 6.18 Å². The summed E-state index contributed by atoms with van der Waals surface area (Å²) in [7, 11) is 1.42. The highest BCUT2D eigenvalue weighted by Gasteiger charge is 2.33. The Balaban J connectivity index is 1.91. The van der Waals surface area contributed by atoms with Gasteiger partial charge in [0.2, 0.25) is 0 Å². The highest BCUT2D eigenvalue weighted by Crippen LogP contribution is 2.36. The Morgan fingerprint density at radius 1 is 1.04 bits per heavy atom. The van der Waals surface area contributed by atoms with E-state index < -0.39 is 11.7 Å². The van der Waals surface area contributed by atoms with E-state index in [0.717, 1.165) is 6.07 Å². The van der Waals surface area contributed by atoms with Crippen LogP contribution in [-0.4, -0.2) is 18.0 Å². The number of halogens is 3. The number of aromatic hydroxyl groups is 1. The fourth-order valence-corrected chi connectivity index (χ4v) is 3.03. The molecule has 2 aromatic rings. The third-order valence-corrected chi connectivity index (χ3v) is 4.39. The van der Waals surface area contributed by atoms with Crippen LogP contribution in [0.4, 0.5) is 13.2 Å². The molecule has 3 rings (SSSR count). The number of allylic oxidation sites excluding steroid dienone is 2. The maximum Gasteiger partial charge on any atom is 0.416 e. The van der Waals surface area contributed by atoms with Gasteiger partial charge in [-0.3, -0.25) is 4.79 Å². The van der Waals surface area contributed by atoms with E-state index in [2.05, 4.69) is 0 Å². The molecule has 0 saturated heterocycles. The highest BCUT2D eigenvalue weighted by molar-refractivity contribution is 6.15. The lowest BCUT2D eigenvalue weighted by Crippen LogP contribution is -2.07. The Kier molecular flexibility index (Phi) is 5.08. The van der Waals surface area contributed by atoms with Crippen molar-refractivity contribution >= 4 is 17.9 Å². The molecule has 1 aliphatic carbocycles. The van der Waals surface area contributed by atoms with Crippen molar-refractivity contribution in [2.24, 2.45) is 0 Å². The Labute approximate surface area is 154 Å².